The molecule has 1 fully saturated rings. The number of nitrogens with one attached hydrogen (secondary N) is 2. The number of carbonyl (C=O) groups excluding carboxylic acids is 1. The first-order chi connectivity index (χ1) is 14.4. The molecule has 4 rings (SSSR count). The number of benzene rings is 2. The Morgan fingerprint density at radius 1 is 1.17 bits per heavy atom. The van der Waals surface area contributed by atoms with Crippen LogP contribution in [-0.4, -0.2) is 57.4 Å². The molecule has 1 saturated heterocycles. The van der Waals surface area contributed by atoms with Crippen molar-refractivity contribution in [1.82, 2.24) is 14.9 Å². The van der Waals surface area contributed by atoms with Crippen molar-refractivity contribution in [2.75, 3.05) is 26.0 Å². The summed E-state index contributed by atoms with van der Waals surface area (Å²) in [7, 11) is -3.39. The number of hydrogen-bond donors (Lipinski definition) is 2. The Labute approximate surface area is 177 Å². The number of carbonyl (C=O) groups is 1. The lowest BCUT2D eigenvalue weighted by Gasteiger charge is -2.41. The minimum Gasteiger partial charge on any atom is -0.491 e. The standard InChI is InChI=1S/C22H27N3O4S/c1-30(27,28)24-19-9-5-12-25-20(19)15-16-6-4-7-17(14-16)18-8-2-3-10-21(18)29-13-11-23-22(25)26/h2-4,6-8,10,14,19-20,24H,5,9,11-13,15H2,1H3,(H,23,26)/t19-,20-/m1/s1. The summed E-state index contributed by atoms with van der Waals surface area (Å²) in [5.74, 6) is 0.775. The molecule has 2 bridgehead atoms. The van der Waals surface area contributed by atoms with E-state index in [0.29, 0.717) is 32.5 Å². The largest absolute Gasteiger partial charge is 0.491 e. The summed E-state index contributed by atoms with van der Waals surface area (Å²) >= 11 is 0. The summed E-state index contributed by atoms with van der Waals surface area (Å²) in [6.45, 7) is 1.32. The molecule has 0 spiro atoms. The van der Waals surface area contributed by atoms with Crippen LogP contribution in [0.5, 0.6) is 5.75 Å². The molecule has 2 amide bonds. The Kier molecular flexibility index (Phi) is 5.97. The molecule has 30 heavy (non-hydrogen) atoms. The Bertz CT molecular complexity index is 1020. The van der Waals surface area contributed by atoms with Crippen molar-refractivity contribution in [2.24, 2.45) is 0 Å². The number of amides is 2. The first-order valence-corrected chi connectivity index (χ1v) is 12.1. The molecule has 160 valence electrons. The molecule has 0 aliphatic carbocycles. The van der Waals surface area contributed by atoms with Gasteiger partial charge in [0.2, 0.25) is 10.0 Å². The van der Waals surface area contributed by atoms with Gasteiger partial charge in [-0.1, -0.05) is 42.5 Å². The molecule has 8 heteroatoms. The van der Waals surface area contributed by atoms with Gasteiger partial charge in [0.25, 0.3) is 0 Å². The van der Waals surface area contributed by atoms with E-state index in [1.807, 2.05) is 42.5 Å². The highest BCUT2D eigenvalue weighted by atomic mass is 32.2. The number of sulfonamides is 1. The summed E-state index contributed by atoms with van der Waals surface area (Å²) in [5, 5.41) is 2.93. The summed E-state index contributed by atoms with van der Waals surface area (Å²) in [6, 6.07) is 15.2. The first-order valence-electron chi connectivity index (χ1n) is 10.2. The Morgan fingerprint density at radius 3 is 2.83 bits per heavy atom. The summed E-state index contributed by atoms with van der Waals surface area (Å²) in [5.41, 5.74) is 3.08. The second-order valence-corrected chi connectivity index (χ2v) is 9.66. The normalized spacial score (nSPS) is 22.3. The number of urea groups is 1. The first kappa shape index (κ1) is 20.7. The third-order valence-corrected chi connectivity index (χ3v) is 6.34. The molecule has 0 saturated carbocycles. The zero-order chi connectivity index (χ0) is 21.1. The van der Waals surface area contributed by atoms with Gasteiger partial charge < -0.3 is 15.0 Å². The third-order valence-electron chi connectivity index (χ3n) is 5.61. The molecule has 2 heterocycles. The number of nitrogens with zero attached hydrogens (tertiary/aromatic N) is 1. The van der Waals surface area contributed by atoms with Gasteiger partial charge in [0.1, 0.15) is 12.4 Å². The molecule has 2 aromatic rings. The van der Waals surface area contributed by atoms with Crippen LogP contribution in [0.4, 0.5) is 4.79 Å². The summed E-state index contributed by atoms with van der Waals surface area (Å²) in [4.78, 5) is 14.7. The molecule has 0 aromatic heterocycles. The average molecular weight is 430 g/mol. The second-order valence-electron chi connectivity index (χ2n) is 7.88. The maximum atomic E-state index is 12.9. The van der Waals surface area contributed by atoms with Crippen LogP contribution < -0.4 is 14.8 Å². The molecule has 2 atom stereocenters. The number of fused-ring (bicyclic) bond motifs is 5. The number of piperidine rings is 1. The van der Waals surface area contributed by atoms with Crippen LogP contribution in [0.2, 0.25) is 0 Å². The van der Waals surface area contributed by atoms with Crippen LogP contribution in [0.25, 0.3) is 11.1 Å². The van der Waals surface area contributed by atoms with Crippen LogP contribution >= 0.6 is 0 Å². The lowest BCUT2D eigenvalue weighted by Crippen LogP contribution is -2.59. The van der Waals surface area contributed by atoms with Gasteiger partial charge in [-0.2, -0.15) is 0 Å². The molecular weight excluding hydrogens is 402 g/mol. The molecule has 7 nitrogen and oxygen atoms in total. The molecule has 0 unspecified atom stereocenters. The number of rotatable bonds is 2. The van der Waals surface area contributed by atoms with Gasteiger partial charge >= 0.3 is 6.03 Å². The van der Waals surface area contributed by atoms with Crippen molar-refractivity contribution in [3.05, 3.63) is 54.1 Å². The van der Waals surface area contributed by atoms with Gasteiger partial charge in [0.05, 0.1) is 18.8 Å². The van der Waals surface area contributed by atoms with E-state index in [1.165, 1.54) is 6.26 Å². The van der Waals surface area contributed by atoms with Gasteiger partial charge in [-0.05, 0) is 36.5 Å². The van der Waals surface area contributed by atoms with Crippen LogP contribution in [0.15, 0.2) is 48.5 Å². The highest BCUT2D eigenvalue weighted by molar-refractivity contribution is 7.88. The van der Waals surface area contributed by atoms with E-state index in [1.54, 1.807) is 4.90 Å². The Balaban J connectivity index is 1.73. The molecular formula is C22H27N3O4S. The lowest BCUT2D eigenvalue weighted by atomic mass is 9.90. The smallest absolute Gasteiger partial charge is 0.317 e. The monoisotopic (exact) mass is 429 g/mol. The fourth-order valence-electron chi connectivity index (χ4n) is 4.33. The average Bonchev–Trinajstić information content (AvgIpc) is 2.72. The molecule has 2 N–H and O–H groups in total. The fraction of sp³-hybridized carbons (Fsp3) is 0.409. The predicted octanol–water partition coefficient (Wildman–Crippen LogP) is 2.38. The number of ether oxygens (including phenoxy) is 1. The van der Waals surface area contributed by atoms with Crippen molar-refractivity contribution in [2.45, 2.75) is 31.3 Å². The minimum absolute atomic E-state index is 0.188. The van der Waals surface area contributed by atoms with Gasteiger partial charge in [-0.15, -0.1) is 0 Å². The van der Waals surface area contributed by atoms with E-state index in [2.05, 4.69) is 16.1 Å². The third kappa shape index (κ3) is 4.76. The van der Waals surface area contributed by atoms with Crippen molar-refractivity contribution in [1.29, 1.82) is 0 Å². The van der Waals surface area contributed by atoms with Crippen molar-refractivity contribution < 1.29 is 17.9 Å². The van der Waals surface area contributed by atoms with E-state index < -0.39 is 10.0 Å². The van der Waals surface area contributed by atoms with Gasteiger partial charge in [-0.3, -0.25) is 0 Å². The maximum absolute atomic E-state index is 12.9. The minimum atomic E-state index is -3.39. The fourth-order valence-corrected chi connectivity index (χ4v) is 5.16. The van der Waals surface area contributed by atoms with Crippen LogP contribution in [-0.2, 0) is 16.4 Å². The zero-order valence-electron chi connectivity index (χ0n) is 17.0. The number of hydrogen-bond acceptors (Lipinski definition) is 4. The van der Waals surface area contributed by atoms with Crippen molar-refractivity contribution in [3.8, 4) is 16.9 Å². The molecule has 0 radical (unpaired) electrons. The molecule has 2 aromatic carbocycles. The Morgan fingerprint density at radius 2 is 2.00 bits per heavy atom. The zero-order valence-corrected chi connectivity index (χ0v) is 17.8. The van der Waals surface area contributed by atoms with E-state index in [4.69, 9.17) is 4.74 Å². The highest BCUT2D eigenvalue weighted by Crippen LogP contribution is 2.31. The quantitative estimate of drug-likeness (QED) is 0.767. The van der Waals surface area contributed by atoms with E-state index in [9.17, 15) is 13.2 Å². The topological polar surface area (TPSA) is 87.7 Å². The van der Waals surface area contributed by atoms with Crippen LogP contribution in [0.3, 0.4) is 0 Å². The Hall–Kier alpha value is -2.58. The van der Waals surface area contributed by atoms with Gasteiger partial charge in [0, 0.05) is 18.2 Å². The lowest BCUT2D eigenvalue weighted by molar-refractivity contribution is 0.132. The second kappa shape index (κ2) is 8.65. The molecule has 2 aliphatic rings. The van der Waals surface area contributed by atoms with E-state index >= 15 is 0 Å². The van der Waals surface area contributed by atoms with E-state index in [-0.39, 0.29) is 18.1 Å². The van der Waals surface area contributed by atoms with Crippen LogP contribution in [0.1, 0.15) is 18.4 Å². The number of para-hydroxylation sites is 1. The van der Waals surface area contributed by atoms with E-state index in [0.717, 1.165) is 28.9 Å². The van der Waals surface area contributed by atoms with Gasteiger partial charge in [-0.25, -0.2) is 17.9 Å². The van der Waals surface area contributed by atoms with Crippen molar-refractivity contribution >= 4 is 16.1 Å². The van der Waals surface area contributed by atoms with Crippen LogP contribution in [0, 0.1) is 0 Å². The summed E-state index contributed by atoms with van der Waals surface area (Å²) < 4.78 is 32.6. The van der Waals surface area contributed by atoms with Crippen molar-refractivity contribution in [3.63, 3.8) is 0 Å². The summed E-state index contributed by atoms with van der Waals surface area (Å²) in [6.07, 6.45) is 3.18. The van der Waals surface area contributed by atoms with Gasteiger partial charge in [0.15, 0.2) is 0 Å². The maximum Gasteiger partial charge on any atom is 0.317 e. The molecule has 2 aliphatic heterocycles. The highest BCUT2D eigenvalue weighted by Gasteiger charge is 2.36. The predicted molar refractivity (Wildman–Crippen MR) is 116 cm³/mol. The SMILES string of the molecule is CS(=O)(=O)N[C@@H]1CCCN2C(=O)NCCOc3ccccc3-c3cccc(c3)C[C@H]12.